The van der Waals surface area contributed by atoms with E-state index >= 15 is 0 Å². The number of nitrogens with zero attached hydrogens (tertiary/aromatic N) is 1. The molecular formula is C11H13N3O. The third kappa shape index (κ3) is 2.10. The maximum atomic E-state index is 5.53. The van der Waals surface area contributed by atoms with Gasteiger partial charge in [-0.2, -0.15) is 5.10 Å². The number of nitrogen functional groups attached to an aromatic ring is 1. The second-order valence-electron chi connectivity index (χ2n) is 3.31. The Morgan fingerprint density at radius 2 is 2.20 bits per heavy atom. The summed E-state index contributed by atoms with van der Waals surface area (Å²) in [6.45, 7) is 0. The fourth-order valence-electron chi connectivity index (χ4n) is 1.52. The van der Waals surface area contributed by atoms with Crippen molar-refractivity contribution in [2.45, 2.75) is 6.42 Å². The van der Waals surface area contributed by atoms with Crippen LogP contribution in [0.5, 0.6) is 5.75 Å². The number of para-hydroxylation sites is 1. The standard InChI is InChI=1S/C11H13N3O/c1-15-10-5-3-2-4-8(10)6-9-7-11(12)14-13-9/h2-5,7H,6H2,1H3,(H3,12,13,14). The number of aromatic nitrogens is 2. The number of nitrogens with two attached hydrogens (primary N) is 1. The molecule has 0 amide bonds. The summed E-state index contributed by atoms with van der Waals surface area (Å²) < 4.78 is 5.26. The van der Waals surface area contributed by atoms with Gasteiger partial charge in [-0.15, -0.1) is 0 Å². The van der Waals surface area contributed by atoms with Crippen molar-refractivity contribution in [2.24, 2.45) is 0 Å². The molecule has 78 valence electrons. The topological polar surface area (TPSA) is 63.9 Å². The molecule has 0 atom stereocenters. The van der Waals surface area contributed by atoms with Crippen molar-refractivity contribution in [3.8, 4) is 5.75 Å². The van der Waals surface area contributed by atoms with Gasteiger partial charge in [0.2, 0.25) is 0 Å². The van der Waals surface area contributed by atoms with Crippen molar-refractivity contribution in [1.82, 2.24) is 10.2 Å². The van der Waals surface area contributed by atoms with Crippen molar-refractivity contribution >= 4 is 5.82 Å². The van der Waals surface area contributed by atoms with Gasteiger partial charge >= 0.3 is 0 Å². The SMILES string of the molecule is COc1ccccc1Cc1cc(N)n[nH]1. The number of rotatable bonds is 3. The van der Waals surface area contributed by atoms with E-state index in [4.69, 9.17) is 10.5 Å². The van der Waals surface area contributed by atoms with E-state index in [-0.39, 0.29) is 0 Å². The lowest BCUT2D eigenvalue weighted by Gasteiger charge is -2.06. The van der Waals surface area contributed by atoms with Crippen LogP contribution in [0.25, 0.3) is 0 Å². The number of hydrogen-bond acceptors (Lipinski definition) is 3. The molecule has 0 aliphatic carbocycles. The van der Waals surface area contributed by atoms with E-state index in [0.29, 0.717) is 5.82 Å². The average Bonchev–Trinajstić information content (AvgIpc) is 2.65. The Balaban J connectivity index is 2.23. The molecule has 0 unspecified atom stereocenters. The number of aromatic amines is 1. The molecule has 2 rings (SSSR count). The largest absolute Gasteiger partial charge is 0.496 e. The van der Waals surface area contributed by atoms with Crippen LogP contribution in [-0.4, -0.2) is 17.3 Å². The second-order valence-corrected chi connectivity index (χ2v) is 3.31. The molecule has 4 heteroatoms. The van der Waals surface area contributed by atoms with E-state index in [1.807, 2.05) is 30.3 Å². The fourth-order valence-corrected chi connectivity index (χ4v) is 1.52. The minimum absolute atomic E-state index is 0.514. The van der Waals surface area contributed by atoms with E-state index in [1.165, 1.54) is 0 Å². The van der Waals surface area contributed by atoms with E-state index < -0.39 is 0 Å². The van der Waals surface area contributed by atoms with Crippen LogP contribution in [0.3, 0.4) is 0 Å². The molecule has 0 radical (unpaired) electrons. The zero-order valence-electron chi connectivity index (χ0n) is 8.53. The Morgan fingerprint density at radius 3 is 2.87 bits per heavy atom. The minimum Gasteiger partial charge on any atom is -0.496 e. The number of methoxy groups -OCH3 is 1. The minimum atomic E-state index is 0.514. The number of benzene rings is 1. The number of H-pyrrole nitrogens is 1. The predicted molar refractivity (Wildman–Crippen MR) is 58.8 cm³/mol. The summed E-state index contributed by atoms with van der Waals surface area (Å²) in [4.78, 5) is 0. The molecule has 0 saturated carbocycles. The molecule has 4 nitrogen and oxygen atoms in total. The number of nitrogens with one attached hydrogen (secondary N) is 1. The quantitative estimate of drug-likeness (QED) is 0.796. The molecule has 1 aromatic heterocycles. The highest BCUT2D eigenvalue weighted by Gasteiger charge is 2.04. The molecule has 1 aromatic carbocycles. The summed E-state index contributed by atoms with van der Waals surface area (Å²) in [5.41, 5.74) is 7.63. The summed E-state index contributed by atoms with van der Waals surface area (Å²) in [5.74, 6) is 1.39. The van der Waals surface area contributed by atoms with E-state index in [9.17, 15) is 0 Å². The first-order valence-corrected chi connectivity index (χ1v) is 4.71. The number of ether oxygens (including phenoxy) is 1. The van der Waals surface area contributed by atoms with Gasteiger partial charge in [0.05, 0.1) is 7.11 Å². The number of anilines is 1. The summed E-state index contributed by atoms with van der Waals surface area (Å²) in [5, 5.41) is 6.75. The molecule has 15 heavy (non-hydrogen) atoms. The van der Waals surface area contributed by atoms with Gasteiger partial charge in [0, 0.05) is 23.7 Å². The fraction of sp³-hybridized carbons (Fsp3) is 0.182. The Morgan fingerprint density at radius 1 is 1.40 bits per heavy atom. The van der Waals surface area contributed by atoms with Gasteiger partial charge in [-0.1, -0.05) is 18.2 Å². The van der Waals surface area contributed by atoms with Crippen LogP contribution >= 0.6 is 0 Å². The zero-order chi connectivity index (χ0) is 10.7. The van der Waals surface area contributed by atoms with Crippen molar-refractivity contribution in [1.29, 1.82) is 0 Å². The van der Waals surface area contributed by atoms with Gasteiger partial charge in [0.25, 0.3) is 0 Å². The third-order valence-electron chi connectivity index (χ3n) is 2.22. The zero-order valence-corrected chi connectivity index (χ0v) is 8.53. The van der Waals surface area contributed by atoms with Gasteiger partial charge < -0.3 is 10.5 Å². The Bertz CT molecular complexity index is 451. The molecular weight excluding hydrogens is 190 g/mol. The Kier molecular flexibility index (Phi) is 2.58. The Hall–Kier alpha value is -1.97. The van der Waals surface area contributed by atoms with Crippen molar-refractivity contribution < 1.29 is 4.74 Å². The smallest absolute Gasteiger partial charge is 0.145 e. The van der Waals surface area contributed by atoms with Crippen LogP contribution in [0, 0.1) is 0 Å². The van der Waals surface area contributed by atoms with Crippen molar-refractivity contribution in [3.05, 3.63) is 41.6 Å². The second kappa shape index (κ2) is 4.04. The predicted octanol–water partition coefficient (Wildman–Crippen LogP) is 1.59. The summed E-state index contributed by atoms with van der Waals surface area (Å²) in [7, 11) is 1.67. The lowest BCUT2D eigenvalue weighted by molar-refractivity contribution is 0.410. The van der Waals surface area contributed by atoms with Crippen LogP contribution in [0.1, 0.15) is 11.3 Å². The third-order valence-corrected chi connectivity index (χ3v) is 2.22. The van der Waals surface area contributed by atoms with Gasteiger partial charge in [-0.25, -0.2) is 0 Å². The van der Waals surface area contributed by atoms with Crippen molar-refractivity contribution in [3.63, 3.8) is 0 Å². The van der Waals surface area contributed by atoms with Crippen LogP contribution in [0.4, 0.5) is 5.82 Å². The maximum absolute atomic E-state index is 5.53. The summed E-state index contributed by atoms with van der Waals surface area (Å²) in [6.07, 6.45) is 0.744. The van der Waals surface area contributed by atoms with Crippen LogP contribution in [0.15, 0.2) is 30.3 Å². The molecule has 0 aliphatic heterocycles. The lowest BCUT2D eigenvalue weighted by atomic mass is 10.1. The lowest BCUT2D eigenvalue weighted by Crippen LogP contribution is -1.93. The first-order valence-electron chi connectivity index (χ1n) is 4.71. The molecule has 0 fully saturated rings. The van der Waals surface area contributed by atoms with Crippen LogP contribution in [-0.2, 0) is 6.42 Å². The molecule has 0 saturated heterocycles. The highest BCUT2D eigenvalue weighted by molar-refractivity contribution is 5.38. The maximum Gasteiger partial charge on any atom is 0.145 e. The van der Waals surface area contributed by atoms with Gasteiger partial charge in [0.15, 0.2) is 0 Å². The molecule has 3 N–H and O–H groups in total. The molecule has 2 aromatic rings. The van der Waals surface area contributed by atoms with Gasteiger partial charge in [0.1, 0.15) is 11.6 Å². The first-order chi connectivity index (χ1) is 7.29. The normalized spacial score (nSPS) is 10.2. The highest BCUT2D eigenvalue weighted by atomic mass is 16.5. The molecule has 0 aliphatic rings. The molecule has 1 heterocycles. The summed E-state index contributed by atoms with van der Waals surface area (Å²) in [6, 6.07) is 9.72. The van der Waals surface area contributed by atoms with E-state index in [2.05, 4.69) is 10.2 Å². The highest BCUT2D eigenvalue weighted by Crippen LogP contribution is 2.20. The van der Waals surface area contributed by atoms with Crippen LogP contribution in [0.2, 0.25) is 0 Å². The van der Waals surface area contributed by atoms with Gasteiger partial charge in [-0.05, 0) is 6.07 Å². The van der Waals surface area contributed by atoms with Crippen molar-refractivity contribution in [2.75, 3.05) is 12.8 Å². The molecule has 0 bridgehead atoms. The molecule has 0 spiro atoms. The monoisotopic (exact) mass is 203 g/mol. The first kappa shape index (κ1) is 9.58. The summed E-state index contributed by atoms with van der Waals surface area (Å²) >= 11 is 0. The van der Waals surface area contributed by atoms with E-state index in [1.54, 1.807) is 7.11 Å². The van der Waals surface area contributed by atoms with Gasteiger partial charge in [-0.3, -0.25) is 5.10 Å². The number of hydrogen-bond donors (Lipinski definition) is 2. The van der Waals surface area contributed by atoms with Crippen LogP contribution < -0.4 is 10.5 Å². The Labute approximate surface area is 88.1 Å². The average molecular weight is 203 g/mol. The van der Waals surface area contributed by atoms with E-state index in [0.717, 1.165) is 23.4 Å².